The highest BCUT2D eigenvalue weighted by atomic mass is 79.9. The molecule has 1 unspecified atom stereocenters. The molecular weight excluding hydrogens is 382 g/mol. The molecular formula is C16H20BrNO6. The molecule has 8 heteroatoms. The van der Waals surface area contributed by atoms with Gasteiger partial charge in [0.25, 0.3) is 0 Å². The maximum absolute atomic E-state index is 12.0. The van der Waals surface area contributed by atoms with E-state index < -0.39 is 29.7 Å². The molecule has 24 heavy (non-hydrogen) atoms. The number of carbonyl (C=O) groups is 3. The molecule has 0 aromatic heterocycles. The van der Waals surface area contributed by atoms with Crippen molar-refractivity contribution in [2.75, 3.05) is 13.7 Å². The van der Waals surface area contributed by atoms with Crippen molar-refractivity contribution in [1.82, 2.24) is 5.32 Å². The number of hydrogen-bond acceptors (Lipinski definition) is 6. The van der Waals surface area contributed by atoms with Crippen molar-refractivity contribution in [1.29, 1.82) is 0 Å². The molecule has 132 valence electrons. The lowest BCUT2D eigenvalue weighted by Gasteiger charge is -2.22. The van der Waals surface area contributed by atoms with Crippen LogP contribution in [0, 0.1) is 0 Å². The summed E-state index contributed by atoms with van der Waals surface area (Å²) in [5.41, 5.74) is -0.405. The molecule has 1 aromatic rings. The molecule has 7 nitrogen and oxygen atoms in total. The van der Waals surface area contributed by atoms with Crippen LogP contribution in [0.3, 0.4) is 0 Å². The fourth-order valence-corrected chi connectivity index (χ4v) is 1.85. The van der Waals surface area contributed by atoms with Crippen LogP contribution in [0.15, 0.2) is 28.7 Å². The van der Waals surface area contributed by atoms with Crippen molar-refractivity contribution in [3.63, 3.8) is 0 Å². The number of rotatable bonds is 5. The van der Waals surface area contributed by atoms with Crippen LogP contribution in [-0.2, 0) is 19.0 Å². The van der Waals surface area contributed by atoms with E-state index in [0.717, 1.165) is 4.47 Å². The summed E-state index contributed by atoms with van der Waals surface area (Å²) in [5.74, 6) is -1.37. The number of carbonyl (C=O) groups excluding carboxylic acids is 3. The van der Waals surface area contributed by atoms with Crippen LogP contribution in [0.5, 0.6) is 0 Å². The van der Waals surface area contributed by atoms with Gasteiger partial charge in [-0.05, 0) is 45.0 Å². The molecule has 0 aliphatic carbocycles. The van der Waals surface area contributed by atoms with Crippen LogP contribution in [0.4, 0.5) is 4.79 Å². The van der Waals surface area contributed by atoms with Gasteiger partial charge in [0.15, 0.2) is 6.04 Å². The molecule has 0 saturated carbocycles. The average Bonchev–Trinajstić information content (AvgIpc) is 2.49. The molecule has 1 atom stereocenters. The molecule has 0 radical (unpaired) electrons. The highest BCUT2D eigenvalue weighted by Crippen LogP contribution is 2.12. The first-order valence-corrected chi connectivity index (χ1v) is 7.91. The summed E-state index contributed by atoms with van der Waals surface area (Å²) in [7, 11) is 1.17. The number of ether oxygens (including phenoxy) is 3. The van der Waals surface area contributed by atoms with Gasteiger partial charge in [0.05, 0.1) is 12.7 Å². The zero-order chi connectivity index (χ0) is 18.3. The first kappa shape index (κ1) is 20.0. The van der Waals surface area contributed by atoms with Gasteiger partial charge in [0.2, 0.25) is 0 Å². The minimum atomic E-state index is -1.16. The Labute approximate surface area is 148 Å². The molecule has 1 amide bonds. The molecule has 0 fully saturated rings. The van der Waals surface area contributed by atoms with E-state index in [1.807, 2.05) is 0 Å². The first-order chi connectivity index (χ1) is 11.1. The summed E-state index contributed by atoms with van der Waals surface area (Å²) in [6, 6.07) is 5.35. The molecule has 0 saturated heterocycles. The van der Waals surface area contributed by atoms with Gasteiger partial charge in [0, 0.05) is 4.47 Å². The van der Waals surface area contributed by atoms with E-state index in [1.54, 1.807) is 45.0 Å². The molecule has 1 N–H and O–H groups in total. The zero-order valence-electron chi connectivity index (χ0n) is 13.9. The van der Waals surface area contributed by atoms with Gasteiger partial charge in [-0.3, -0.25) is 0 Å². The number of alkyl carbamates (subject to hydrolysis) is 1. The van der Waals surface area contributed by atoms with Crippen LogP contribution in [0.25, 0.3) is 0 Å². The first-order valence-electron chi connectivity index (χ1n) is 7.12. The van der Waals surface area contributed by atoms with Gasteiger partial charge >= 0.3 is 18.0 Å². The number of halogens is 1. The number of benzene rings is 1. The Morgan fingerprint density at radius 2 is 1.75 bits per heavy atom. The summed E-state index contributed by atoms with van der Waals surface area (Å²) in [6.45, 7) is 4.69. The normalized spacial score (nSPS) is 12.0. The number of methoxy groups -OCH3 is 1. The van der Waals surface area contributed by atoms with Gasteiger partial charge < -0.3 is 19.5 Å². The number of hydrogen-bond donors (Lipinski definition) is 1. The quantitative estimate of drug-likeness (QED) is 0.602. The molecule has 0 aliphatic heterocycles. The predicted octanol–water partition coefficient (Wildman–Crippen LogP) is 2.67. The van der Waals surface area contributed by atoms with Crippen LogP contribution in [0.1, 0.15) is 31.1 Å². The Kier molecular flexibility index (Phi) is 7.21. The van der Waals surface area contributed by atoms with E-state index in [2.05, 4.69) is 26.0 Å². The summed E-state index contributed by atoms with van der Waals surface area (Å²) >= 11 is 3.26. The van der Waals surface area contributed by atoms with Crippen molar-refractivity contribution in [2.24, 2.45) is 0 Å². The van der Waals surface area contributed by atoms with E-state index in [1.165, 1.54) is 7.11 Å². The van der Waals surface area contributed by atoms with Crippen molar-refractivity contribution >= 4 is 34.0 Å². The van der Waals surface area contributed by atoms with E-state index in [9.17, 15) is 14.4 Å². The summed E-state index contributed by atoms with van der Waals surface area (Å²) in [5, 5.41) is 2.32. The van der Waals surface area contributed by atoms with Gasteiger partial charge in [-0.15, -0.1) is 0 Å². The molecule has 0 heterocycles. The Morgan fingerprint density at radius 3 is 2.25 bits per heavy atom. The van der Waals surface area contributed by atoms with Crippen LogP contribution in [0.2, 0.25) is 0 Å². The standard InChI is InChI=1S/C16H20BrNO6/c1-16(2,3)24-15(21)18-12(14(20)22-4)9-23-13(19)10-5-7-11(17)8-6-10/h5-8,12H,9H2,1-4H3,(H,18,21). The molecule has 0 bridgehead atoms. The zero-order valence-corrected chi connectivity index (χ0v) is 15.5. The van der Waals surface area contributed by atoms with Crippen molar-refractivity contribution in [3.8, 4) is 0 Å². The van der Waals surface area contributed by atoms with Gasteiger partial charge in [-0.2, -0.15) is 0 Å². The number of nitrogens with one attached hydrogen (secondary N) is 1. The summed E-state index contributed by atoms with van der Waals surface area (Å²) < 4.78 is 15.5. The van der Waals surface area contributed by atoms with E-state index in [0.29, 0.717) is 5.56 Å². The van der Waals surface area contributed by atoms with Gasteiger partial charge in [-0.25, -0.2) is 14.4 Å². The highest BCUT2D eigenvalue weighted by molar-refractivity contribution is 9.10. The lowest BCUT2D eigenvalue weighted by molar-refractivity contribution is -0.144. The summed E-state index contributed by atoms with van der Waals surface area (Å²) in [6.07, 6.45) is -0.808. The monoisotopic (exact) mass is 401 g/mol. The van der Waals surface area contributed by atoms with Crippen LogP contribution in [-0.4, -0.2) is 43.4 Å². The summed E-state index contributed by atoms with van der Waals surface area (Å²) in [4.78, 5) is 35.4. The lowest BCUT2D eigenvalue weighted by Crippen LogP contribution is -2.47. The fraction of sp³-hybridized carbons (Fsp3) is 0.438. The van der Waals surface area contributed by atoms with E-state index in [-0.39, 0.29) is 6.61 Å². The highest BCUT2D eigenvalue weighted by Gasteiger charge is 2.26. The fourth-order valence-electron chi connectivity index (χ4n) is 1.59. The van der Waals surface area contributed by atoms with Gasteiger partial charge in [-0.1, -0.05) is 15.9 Å². The van der Waals surface area contributed by atoms with E-state index in [4.69, 9.17) is 9.47 Å². The Hall–Kier alpha value is -2.09. The Balaban J connectivity index is 2.66. The SMILES string of the molecule is COC(=O)C(COC(=O)c1ccc(Br)cc1)NC(=O)OC(C)(C)C. The van der Waals surface area contributed by atoms with Crippen molar-refractivity contribution < 1.29 is 28.6 Å². The third kappa shape index (κ3) is 6.99. The second-order valence-electron chi connectivity index (χ2n) is 5.83. The third-order valence-corrected chi connectivity index (χ3v) is 3.17. The maximum Gasteiger partial charge on any atom is 0.408 e. The largest absolute Gasteiger partial charge is 0.467 e. The predicted molar refractivity (Wildman–Crippen MR) is 89.6 cm³/mol. The van der Waals surface area contributed by atoms with Crippen LogP contribution < -0.4 is 5.32 Å². The second-order valence-corrected chi connectivity index (χ2v) is 6.74. The minimum absolute atomic E-state index is 0.319. The topological polar surface area (TPSA) is 90.9 Å². The molecule has 0 aliphatic rings. The Bertz CT molecular complexity index is 594. The lowest BCUT2D eigenvalue weighted by atomic mass is 10.2. The molecule has 1 aromatic carbocycles. The van der Waals surface area contributed by atoms with Gasteiger partial charge in [0.1, 0.15) is 12.2 Å². The maximum atomic E-state index is 12.0. The molecule has 0 spiro atoms. The number of esters is 2. The van der Waals surface area contributed by atoms with Crippen molar-refractivity contribution in [3.05, 3.63) is 34.3 Å². The second kappa shape index (κ2) is 8.68. The number of amides is 1. The Morgan fingerprint density at radius 1 is 1.17 bits per heavy atom. The van der Waals surface area contributed by atoms with Crippen LogP contribution >= 0.6 is 15.9 Å². The van der Waals surface area contributed by atoms with E-state index >= 15 is 0 Å². The average molecular weight is 402 g/mol. The molecule has 1 rings (SSSR count). The van der Waals surface area contributed by atoms with Crippen molar-refractivity contribution in [2.45, 2.75) is 32.4 Å². The minimum Gasteiger partial charge on any atom is -0.467 e. The smallest absolute Gasteiger partial charge is 0.408 e. The third-order valence-electron chi connectivity index (χ3n) is 2.64.